The second-order valence-corrected chi connectivity index (χ2v) is 4.07. The predicted octanol–water partition coefficient (Wildman–Crippen LogP) is 2.25. The third-order valence-electron chi connectivity index (χ3n) is 2.86. The highest BCUT2D eigenvalue weighted by atomic mass is 16.5. The molecule has 5 nitrogen and oxygen atoms in total. The molecular formula is C12H17N3O2. The third-order valence-corrected chi connectivity index (χ3v) is 2.86. The van der Waals surface area contributed by atoms with Gasteiger partial charge in [0.05, 0.1) is 19.0 Å². The minimum Gasteiger partial charge on any atom is -0.453 e. The lowest BCUT2D eigenvalue weighted by Gasteiger charge is -2.27. The van der Waals surface area contributed by atoms with E-state index in [0.29, 0.717) is 5.69 Å². The summed E-state index contributed by atoms with van der Waals surface area (Å²) in [6.07, 6.45) is 4.94. The van der Waals surface area contributed by atoms with Gasteiger partial charge < -0.3 is 9.64 Å². The maximum absolute atomic E-state index is 11.0. The van der Waals surface area contributed by atoms with E-state index in [9.17, 15) is 4.79 Å². The molecule has 17 heavy (non-hydrogen) atoms. The molecule has 1 aliphatic rings. The number of pyridine rings is 1. The van der Waals surface area contributed by atoms with Crippen LogP contribution in [0.25, 0.3) is 0 Å². The molecule has 1 N–H and O–H groups in total. The van der Waals surface area contributed by atoms with Crippen LogP contribution in [0, 0.1) is 0 Å². The average Bonchev–Trinajstić information content (AvgIpc) is 2.40. The van der Waals surface area contributed by atoms with Gasteiger partial charge in [-0.3, -0.25) is 5.32 Å². The highest BCUT2D eigenvalue weighted by molar-refractivity contribution is 5.84. The van der Waals surface area contributed by atoms with Crippen LogP contribution in [0.4, 0.5) is 16.3 Å². The van der Waals surface area contributed by atoms with Crippen molar-refractivity contribution in [2.24, 2.45) is 0 Å². The number of rotatable bonds is 2. The van der Waals surface area contributed by atoms with Gasteiger partial charge in [0, 0.05) is 13.1 Å². The summed E-state index contributed by atoms with van der Waals surface area (Å²) >= 11 is 0. The summed E-state index contributed by atoms with van der Waals surface area (Å²) < 4.78 is 4.51. The number of hydrogen-bond donors (Lipinski definition) is 1. The monoisotopic (exact) mass is 235 g/mol. The molecule has 0 aromatic carbocycles. The fourth-order valence-corrected chi connectivity index (χ4v) is 1.94. The molecule has 1 fully saturated rings. The fraction of sp³-hybridized carbons (Fsp3) is 0.500. The zero-order valence-corrected chi connectivity index (χ0v) is 9.98. The minimum absolute atomic E-state index is 0.475. The van der Waals surface area contributed by atoms with Crippen molar-refractivity contribution in [3.05, 3.63) is 18.3 Å². The van der Waals surface area contributed by atoms with Crippen molar-refractivity contribution >= 4 is 17.6 Å². The molecule has 92 valence electrons. The Bertz CT molecular complexity index is 372. The number of piperidine rings is 1. The Labute approximate surface area is 101 Å². The van der Waals surface area contributed by atoms with Gasteiger partial charge >= 0.3 is 6.09 Å². The Kier molecular flexibility index (Phi) is 3.80. The zero-order chi connectivity index (χ0) is 12.1. The van der Waals surface area contributed by atoms with E-state index in [1.807, 2.05) is 12.1 Å². The molecule has 0 atom stereocenters. The number of anilines is 2. The van der Waals surface area contributed by atoms with E-state index in [4.69, 9.17) is 0 Å². The third kappa shape index (κ3) is 3.09. The molecule has 0 bridgehead atoms. The summed E-state index contributed by atoms with van der Waals surface area (Å²) in [5.41, 5.74) is 0.651. The first-order valence-corrected chi connectivity index (χ1v) is 5.85. The molecule has 5 heteroatoms. The zero-order valence-electron chi connectivity index (χ0n) is 9.98. The van der Waals surface area contributed by atoms with Gasteiger partial charge in [-0.2, -0.15) is 0 Å². The van der Waals surface area contributed by atoms with Crippen LogP contribution in [0.3, 0.4) is 0 Å². The number of aromatic nitrogens is 1. The minimum atomic E-state index is -0.475. The summed E-state index contributed by atoms with van der Waals surface area (Å²) in [6, 6.07) is 3.77. The van der Waals surface area contributed by atoms with E-state index in [1.54, 1.807) is 6.20 Å². The SMILES string of the molecule is COC(=O)Nc1ccc(N2CCCCC2)nc1. The van der Waals surface area contributed by atoms with E-state index in [0.717, 1.165) is 18.9 Å². The Morgan fingerprint density at radius 3 is 2.71 bits per heavy atom. The Hall–Kier alpha value is -1.78. The number of hydrogen-bond acceptors (Lipinski definition) is 4. The molecule has 0 unspecified atom stereocenters. The average molecular weight is 235 g/mol. The van der Waals surface area contributed by atoms with Crippen molar-refractivity contribution in [1.29, 1.82) is 0 Å². The molecule has 0 spiro atoms. The predicted molar refractivity (Wildman–Crippen MR) is 66.3 cm³/mol. The Morgan fingerprint density at radius 1 is 1.35 bits per heavy atom. The molecule has 1 saturated heterocycles. The number of nitrogens with one attached hydrogen (secondary N) is 1. The van der Waals surface area contributed by atoms with Gasteiger partial charge in [0.15, 0.2) is 0 Å². The van der Waals surface area contributed by atoms with Gasteiger partial charge in [0.2, 0.25) is 0 Å². The first-order valence-electron chi connectivity index (χ1n) is 5.85. The first kappa shape index (κ1) is 11.7. The quantitative estimate of drug-likeness (QED) is 0.854. The lowest BCUT2D eigenvalue weighted by Crippen LogP contribution is -2.30. The maximum atomic E-state index is 11.0. The first-order chi connectivity index (χ1) is 8.29. The highest BCUT2D eigenvalue weighted by Gasteiger charge is 2.11. The molecular weight excluding hydrogens is 218 g/mol. The Morgan fingerprint density at radius 2 is 2.12 bits per heavy atom. The smallest absolute Gasteiger partial charge is 0.411 e. The van der Waals surface area contributed by atoms with Gasteiger partial charge in [0.1, 0.15) is 5.82 Å². The van der Waals surface area contributed by atoms with Crippen LogP contribution < -0.4 is 10.2 Å². The molecule has 1 aromatic heterocycles. The van der Waals surface area contributed by atoms with Crippen LogP contribution in [0.1, 0.15) is 19.3 Å². The van der Waals surface area contributed by atoms with Gasteiger partial charge in [-0.25, -0.2) is 9.78 Å². The lowest BCUT2D eigenvalue weighted by molar-refractivity contribution is 0.187. The van der Waals surface area contributed by atoms with Crippen molar-refractivity contribution in [3.8, 4) is 0 Å². The highest BCUT2D eigenvalue weighted by Crippen LogP contribution is 2.18. The standard InChI is InChI=1S/C12H17N3O2/c1-17-12(16)14-10-5-6-11(13-9-10)15-7-3-2-4-8-15/h5-6,9H,2-4,7-8H2,1H3,(H,14,16). The lowest BCUT2D eigenvalue weighted by atomic mass is 10.1. The summed E-state index contributed by atoms with van der Waals surface area (Å²) in [5.74, 6) is 0.972. The molecule has 2 heterocycles. The maximum Gasteiger partial charge on any atom is 0.411 e. The van der Waals surface area contributed by atoms with Crippen molar-refractivity contribution in [2.75, 3.05) is 30.4 Å². The number of carbonyl (C=O) groups excluding carboxylic acids is 1. The number of carbonyl (C=O) groups is 1. The van der Waals surface area contributed by atoms with Crippen molar-refractivity contribution < 1.29 is 9.53 Å². The van der Waals surface area contributed by atoms with Crippen LogP contribution >= 0.6 is 0 Å². The molecule has 1 amide bonds. The van der Waals surface area contributed by atoms with Crippen molar-refractivity contribution in [1.82, 2.24) is 4.98 Å². The van der Waals surface area contributed by atoms with Gasteiger partial charge in [-0.05, 0) is 31.4 Å². The van der Waals surface area contributed by atoms with Crippen LogP contribution in [-0.4, -0.2) is 31.3 Å². The number of methoxy groups -OCH3 is 1. The molecule has 2 rings (SSSR count). The molecule has 1 aromatic rings. The second kappa shape index (κ2) is 5.52. The van der Waals surface area contributed by atoms with E-state index < -0.39 is 6.09 Å². The molecule has 0 saturated carbocycles. The van der Waals surface area contributed by atoms with E-state index >= 15 is 0 Å². The van der Waals surface area contributed by atoms with E-state index in [1.165, 1.54) is 26.4 Å². The van der Waals surface area contributed by atoms with Crippen LogP contribution in [0.15, 0.2) is 18.3 Å². The van der Waals surface area contributed by atoms with Gasteiger partial charge in [-0.15, -0.1) is 0 Å². The molecule has 0 radical (unpaired) electrons. The number of ether oxygens (including phenoxy) is 1. The van der Waals surface area contributed by atoms with Crippen molar-refractivity contribution in [3.63, 3.8) is 0 Å². The topological polar surface area (TPSA) is 54.5 Å². The van der Waals surface area contributed by atoms with E-state index in [2.05, 4.69) is 19.9 Å². The molecule has 0 aliphatic carbocycles. The largest absolute Gasteiger partial charge is 0.453 e. The van der Waals surface area contributed by atoms with Gasteiger partial charge in [0.25, 0.3) is 0 Å². The van der Waals surface area contributed by atoms with Crippen molar-refractivity contribution in [2.45, 2.75) is 19.3 Å². The van der Waals surface area contributed by atoms with Gasteiger partial charge in [-0.1, -0.05) is 0 Å². The summed E-state index contributed by atoms with van der Waals surface area (Å²) in [5, 5.41) is 2.58. The van der Waals surface area contributed by atoms with Crippen LogP contribution in [-0.2, 0) is 4.74 Å². The van der Waals surface area contributed by atoms with Crippen LogP contribution in [0.5, 0.6) is 0 Å². The van der Waals surface area contributed by atoms with E-state index in [-0.39, 0.29) is 0 Å². The fourth-order valence-electron chi connectivity index (χ4n) is 1.94. The summed E-state index contributed by atoms with van der Waals surface area (Å²) in [6.45, 7) is 2.13. The normalized spacial score (nSPS) is 15.5. The van der Waals surface area contributed by atoms with Crippen LogP contribution in [0.2, 0.25) is 0 Å². The Balaban J connectivity index is 1.99. The number of nitrogens with zero attached hydrogens (tertiary/aromatic N) is 2. The second-order valence-electron chi connectivity index (χ2n) is 4.07. The summed E-state index contributed by atoms with van der Waals surface area (Å²) in [4.78, 5) is 17.6. The molecule has 1 aliphatic heterocycles. The summed E-state index contributed by atoms with van der Waals surface area (Å²) in [7, 11) is 1.34. The number of amides is 1.